The van der Waals surface area contributed by atoms with E-state index in [9.17, 15) is 14.7 Å². The fraction of sp³-hybridized carbons (Fsp3) is 0.636. The molecule has 0 bridgehead atoms. The standard InChI is InChI=1S/C22H33N3O3/c1-15(2)11-20(24(3)22(27)28)21(26)23-19-10-9-17-13-25(14-18(17)19)12-16-7-5-4-6-8-16/h4-8,15,17-20H,9-14H2,1-3H3,(H,23,26)(H,27,28)/t17-,18+,19-,20-/m0/s1. The SMILES string of the molecule is CC(C)C[C@@H](C(=O)N[C@H]1CC[C@H]2CN(Cc3ccccc3)C[C@H]21)N(C)C(=O)O. The maximum Gasteiger partial charge on any atom is 0.407 e. The van der Waals surface area contributed by atoms with Gasteiger partial charge in [-0.25, -0.2) is 4.79 Å². The average molecular weight is 388 g/mol. The lowest BCUT2D eigenvalue weighted by Crippen LogP contribution is -2.51. The van der Waals surface area contributed by atoms with Crippen molar-refractivity contribution in [3.8, 4) is 0 Å². The highest BCUT2D eigenvalue weighted by atomic mass is 16.4. The zero-order valence-corrected chi connectivity index (χ0v) is 17.2. The van der Waals surface area contributed by atoms with Crippen molar-refractivity contribution in [3.63, 3.8) is 0 Å². The van der Waals surface area contributed by atoms with Gasteiger partial charge in [0.25, 0.3) is 0 Å². The number of fused-ring (bicyclic) bond motifs is 1. The van der Waals surface area contributed by atoms with E-state index in [-0.39, 0.29) is 17.9 Å². The van der Waals surface area contributed by atoms with E-state index < -0.39 is 12.1 Å². The third kappa shape index (κ3) is 4.85. The first kappa shape index (κ1) is 20.6. The van der Waals surface area contributed by atoms with Crippen molar-refractivity contribution in [1.82, 2.24) is 15.1 Å². The van der Waals surface area contributed by atoms with E-state index in [4.69, 9.17) is 0 Å². The number of rotatable bonds is 7. The molecule has 1 heterocycles. The summed E-state index contributed by atoms with van der Waals surface area (Å²) in [7, 11) is 1.49. The molecule has 0 spiro atoms. The molecule has 1 saturated carbocycles. The summed E-state index contributed by atoms with van der Waals surface area (Å²) >= 11 is 0. The van der Waals surface area contributed by atoms with Crippen LogP contribution in [0.4, 0.5) is 4.79 Å². The van der Waals surface area contributed by atoms with Crippen LogP contribution in [0.2, 0.25) is 0 Å². The molecule has 0 radical (unpaired) electrons. The molecule has 1 aromatic rings. The summed E-state index contributed by atoms with van der Waals surface area (Å²) in [5.74, 6) is 1.18. The average Bonchev–Trinajstić information content (AvgIpc) is 3.21. The number of carbonyl (C=O) groups excluding carboxylic acids is 1. The summed E-state index contributed by atoms with van der Waals surface area (Å²) in [5.41, 5.74) is 1.32. The molecule has 1 aliphatic carbocycles. The molecule has 3 rings (SSSR count). The second-order valence-electron chi connectivity index (χ2n) is 8.83. The van der Waals surface area contributed by atoms with E-state index in [1.165, 1.54) is 12.6 Å². The minimum atomic E-state index is -1.06. The molecule has 4 atom stereocenters. The third-order valence-corrected chi connectivity index (χ3v) is 6.28. The van der Waals surface area contributed by atoms with Crippen LogP contribution in [0.25, 0.3) is 0 Å². The first-order chi connectivity index (χ1) is 13.3. The summed E-state index contributed by atoms with van der Waals surface area (Å²) < 4.78 is 0. The van der Waals surface area contributed by atoms with Crippen molar-refractivity contribution in [2.75, 3.05) is 20.1 Å². The molecule has 0 aromatic heterocycles. The van der Waals surface area contributed by atoms with Gasteiger partial charge in [0.15, 0.2) is 0 Å². The summed E-state index contributed by atoms with van der Waals surface area (Å²) in [6.45, 7) is 7.05. The van der Waals surface area contributed by atoms with E-state index in [0.29, 0.717) is 18.3 Å². The number of nitrogens with one attached hydrogen (secondary N) is 1. The van der Waals surface area contributed by atoms with Gasteiger partial charge in [0.1, 0.15) is 6.04 Å². The Labute approximate surface area is 167 Å². The molecule has 2 fully saturated rings. The Hall–Kier alpha value is -2.08. The van der Waals surface area contributed by atoms with Gasteiger partial charge in [-0.15, -0.1) is 0 Å². The van der Waals surface area contributed by atoms with Gasteiger partial charge in [-0.1, -0.05) is 44.2 Å². The quantitative estimate of drug-likeness (QED) is 0.754. The molecule has 2 amide bonds. The van der Waals surface area contributed by atoms with E-state index in [1.807, 2.05) is 19.9 Å². The second-order valence-corrected chi connectivity index (χ2v) is 8.83. The lowest BCUT2D eigenvalue weighted by atomic mass is 9.96. The lowest BCUT2D eigenvalue weighted by Gasteiger charge is -2.29. The fourth-order valence-corrected chi connectivity index (χ4v) is 4.81. The number of benzene rings is 1. The largest absolute Gasteiger partial charge is 0.465 e. The molecular weight excluding hydrogens is 354 g/mol. The molecule has 1 aromatic carbocycles. The molecule has 6 nitrogen and oxygen atoms in total. The van der Waals surface area contributed by atoms with Gasteiger partial charge in [-0.2, -0.15) is 0 Å². The summed E-state index contributed by atoms with van der Waals surface area (Å²) in [6.07, 6.45) is 1.60. The summed E-state index contributed by atoms with van der Waals surface area (Å²) in [4.78, 5) is 27.9. The lowest BCUT2D eigenvalue weighted by molar-refractivity contribution is -0.127. The number of amides is 2. The summed E-state index contributed by atoms with van der Waals surface area (Å²) in [6, 6.07) is 10.0. The number of likely N-dealkylation sites (N-methyl/N-ethyl adjacent to an activating group) is 1. The molecule has 2 aliphatic rings. The van der Waals surface area contributed by atoms with E-state index in [0.717, 1.165) is 37.4 Å². The Morgan fingerprint density at radius 3 is 2.57 bits per heavy atom. The highest BCUT2D eigenvalue weighted by Gasteiger charge is 2.43. The smallest absolute Gasteiger partial charge is 0.407 e. The minimum absolute atomic E-state index is 0.147. The number of nitrogens with zero attached hydrogens (tertiary/aromatic N) is 2. The Balaban J connectivity index is 1.59. The zero-order valence-electron chi connectivity index (χ0n) is 17.2. The molecular formula is C22H33N3O3. The van der Waals surface area contributed by atoms with Crippen LogP contribution in [-0.4, -0.2) is 59.1 Å². The van der Waals surface area contributed by atoms with Crippen LogP contribution < -0.4 is 5.32 Å². The first-order valence-electron chi connectivity index (χ1n) is 10.4. The van der Waals surface area contributed by atoms with Crippen LogP contribution in [0.1, 0.15) is 38.7 Å². The number of carboxylic acid groups (broad SMARTS) is 1. The van der Waals surface area contributed by atoms with Gasteiger partial charge in [0.05, 0.1) is 0 Å². The topological polar surface area (TPSA) is 72.9 Å². The van der Waals surface area contributed by atoms with Crippen LogP contribution in [0.15, 0.2) is 30.3 Å². The summed E-state index contributed by atoms with van der Waals surface area (Å²) in [5, 5.41) is 12.5. The number of hydrogen-bond acceptors (Lipinski definition) is 3. The van der Waals surface area contributed by atoms with Gasteiger partial charge in [-0.05, 0) is 42.6 Å². The van der Waals surface area contributed by atoms with E-state index >= 15 is 0 Å². The van der Waals surface area contributed by atoms with Crippen LogP contribution in [0.3, 0.4) is 0 Å². The van der Waals surface area contributed by atoms with Crippen LogP contribution in [0.5, 0.6) is 0 Å². The van der Waals surface area contributed by atoms with Crippen molar-refractivity contribution in [3.05, 3.63) is 35.9 Å². The van der Waals surface area contributed by atoms with Crippen LogP contribution >= 0.6 is 0 Å². The monoisotopic (exact) mass is 387 g/mol. The number of likely N-dealkylation sites (tertiary alicyclic amines) is 1. The molecule has 0 unspecified atom stereocenters. The Kier molecular flexibility index (Phi) is 6.60. The van der Waals surface area contributed by atoms with Gasteiger partial charge in [-0.3, -0.25) is 14.6 Å². The van der Waals surface area contributed by atoms with Crippen molar-refractivity contribution in [2.45, 2.75) is 51.7 Å². The van der Waals surface area contributed by atoms with Crippen molar-refractivity contribution in [2.24, 2.45) is 17.8 Å². The van der Waals surface area contributed by atoms with Crippen LogP contribution in [0, 0.1) is 17.8 Å². The first-order valence-corrected chi connectivity index (χ1v) is 10.4. The number of hydrogen-bond donors (Lipinski definition) is 2. The van der Waals surface area contributed by atoms with Gasteiger partial charge >= 0.3 is 6.09 Å². The Morgan fingerprint density at radius 2 is 1.93 bits per heavy atom. The highest BCUT2D eigenvalue weighted by Crippen LogP contribution is 2.38. The molecule has 1 aliphatic heterocycles. The highest BCUT2D eigenvalue weighted by molar-refractivity contribution is 5.85. The predicted octanol–water partition coefficient (Wildman–Crippen LogP) is 3.04. The van der Waals surface area contributed by atoms with E-state index in [1.54, 1.807) is 0 Å². The third-order valence-electron chi connectivity index (χ3n) is 6.28. The minimum Gasteiger partial charge on any atom is -0.465 e. The molecule has 2 N–H and O–H groups in total. The van der Waals surface area contributed by atoms with Gasteiger partial charge in [0.2, 0.25) is 5.91 Å². The van der Waals surface area contributed by atoms with Crippen molar-refractivity contribution in [1.29, 1.82) is 0 Å². The molecule has 28 heavy (non-hydrogen) atoms. The molecule has 1 saturated heterocycles. The second kappa shape index (κ2) is 8.95. The fourth-order valence-electron chi connectivity index (χ4n) is 4.81. The van der Waals surface area contributed by atoms with Crippen LogP contribution in [-0.2, 0) is 11.3 Å². The van der Waals surface area contributed by atoms with Crippen molar-refractivity contribution < 1.29 is 14.7 Å². The molecule has 154 valence electrons. The number of carbonyl (C=O) groups is 2. The van der Waals surface area contributed by atoms with E-state index in [2.05, 4.69) is 34.5 Å². The normalized spacial score (nSPS) is 25.5. The van der Waals surface area contributed by atoms with Gasteiger partial charge < -0.3 is 10.4 Å². The maximum absolute atomic E-state index is 12.9. The molecule has 6 heteroatoms. The maximum atomic E-state index is 12.9. The van der Waals surface area contributed by atoms with Gasteiger partial charge in [0, 0.05) is 32.7 Å². The predicted molar refractivity (Wildman–Crippen MR) is 109 cm³/mol. The zero-order chi connectivity index (χ0) is 20.3. The van der Waals surface area contributed by atoms with Crippen molar-refractivity contribution >= 4 is 12.0 Å². The Morgan fingerprint density at radius 1 is 1.21 bits per heavy atom. The Bertz CT molecular complexity index is 679.